The smallest absolute Gasteiger partial charge is 0.425 e. The largest absolute Gasteiger partial charge is 0.444 e. The van der Waals surface area contributed by atoms with Gasteiger partial charge >= 0.3 is 22.4 Å². The summed E-state index contributed by atoms with van der Waals surface area (Å²) in [5.41, 5.74) is -0.659. The first-order chi connectivity index (χ1) is 15.7. The van der Waals surface area contributed by atoms with Crippen LogP contribution in [0.4, 0.5) is 9.59 Å². The lowest BCUT2D eigenvalue weighted by Gasteiger charge is -2.30. The van der Waals surface area contributed by atoms with Gasteiger partial charge in [-0.15, -0.1) is 0 Å². The molecule has 1 aliphatic heterocycles. The predicted molar refractivity (Wildman–Crippen MR) is 130 cm³/mol. The Balaban J connectivity index is 2.05. The average molecular weight is 498 g/mol. The minimum absolute atomic E-state index is 0.0531. The number of carbonyl (C=O) groups is 2. The zero-order valence-electron chi connectivity index (χ0n) is 21.2. The second-order valence-electron chi connectivity index (χ2n) is 10.5. The van der Waals surface area contributed by atoms with Gasteiger partial charge in [0.15, 0.2) is 0 Å². The summed E-state index contributed by atoms with van der Waals surface area (Å²) >= 11 is 0. The summed E-state index contributed by atoms with van der Waals surface area (Å²) in [5.74, 6) is 0. The molecule has 0 saturated carbocycles. The minimum atomic E-state index is -4.14. The lowest BCUT2D eigenvalue weighted by Crippen LogP contribution is -2.47. The van der Waals surface area contributed by atoms with Crippen molar-refractivity contribution < 1.29 is 27.5 Å². The van der Waals surface area contributed by atoms with Gasteiger partial charge in [-0.3, -0.25) is 0 Å². The molecule has 1 fully saturated rings. The molecule has 192 valence electrons. The molecule has 0 aliphatic carbocycles. The number of likely N-dealkylation sites (tertiary alicyclic amines) is 1. The van der Waals surface area contributed by atoms with Gasteiger partial charge < -0.3 is 14.4 Å². The molecule has 10 heteroatoms. The van der Waals surface area contributed by atoms with Crippen LogP contribution >= 0.6 is 0 Å². The maximum Gasteiger partial charge on any atom is 0.425 e. The molecule has 0 aromatic heterocycles. The van der Waals surface area contributed by atoms with Crippen LogP contribution in [0.1, 0.15) is 72.8 Å². The molecule has 1 N–H and O–H groups in total. The van der Waals surface area contributed by atoms with E-state index in [0.717, 1.165) is 22.7 Å². The Labute approximate surface area is 204 Å². The molecule has 1 aromatic carbocycles. The van der Waals surface area contributed by atoms with Crippen molar-refractivity contribution in [1.82, 2.24) is 13.9 Å². The molecular weight excluding hydrogens is 458 g/mol. The molecule has 1 aliphatic rings. The van der Waals surface area contributed by atoms with Crippen molar-refractivity contribution in [1.29, 1.82) is 0 Å². The van der Waals surface area contributed by atoms with E-state index in [1.165, 1.54) is 0 Å². The summed E-state index contributed by atoms with van der Waals surface area (Å²) in [4.78, 5) is 27.0. The van der Waals surface area contributed by atoms with E-state index in [2.05, 4.69) is 4.72 Å². The maximum absolute atomic E-state index is 13.0. The predicted octanol–water partition coefficient (Wildman–Crippen LogP) is 4.44. The second kappa shape index (κ2) is 11.4. The zero-order chi connectivity index (χ0) is 25.6. The Hall–Kier alpha value is -2.33. The van der Waals surface area contributed by atoms with Crippen molar-refractivity contribution in [2.45, 2.75) is 91.0 Å². The SMILES string of the molecule is CC(C)(C)OC(=O)N1CCC[C@H]1CCCN(C(=O)OC(C)(C)C)S(=O)(=O)NCc1ccccc1. The van der Waals surface area contributed by atoms with E-state index in [0.29, 0.717) is 19.4 Å². The van der Waals surface area contributed by atoms with Crippen LogP contribution in [-0.4, -0.2) is 60.1 Å². The summed E-state index contributed by atoms with van der Waals surface area (Å²) in [7, 11) is -4.14. The Morgan fingerprint density at radius 2 is 1.68 bits per heavy atom. The molecule has 1 heterocycles. The molecule has 1 aromatic rings. The fourth-order valence-corrected chi connectivity index (χ4v) is 4.75. The Bertz CT molecular complexity index is 922. The van der Waals surface area contributed by atoms with Crippen molar-refractivity contribution in [2.75, 3.05) is 13.1 Å². The number of hydrogen-bond acceptors (Lipinski definition) is 6. The molecule has 9 nitrogen and oxygen atoms in total. The summed E-state index contributed by atoms with van der Waals surface area (Å²) in [6.07, 6.45) is 1.31. The van der Waals surface area contributed by atoms with Gasteiger partial charge in [0.05, 0.1) is 0 Å². The Morgan fingerprint density at radius 3 is 2.26 bits per heavy atom. The fourth-order valence-electron chi connectivity index (χ4n) is 3.64. The molecule has 0 spiro atoms. The van der Waals surface area contributed by atoms with Crippen LogP contribution in [0.5, 0.6) is 0 Å². The van der Waals surface area contributed by atoms with Crippen molar-refractivity contribution in [2.24, 2.45) is 0 Å². The van der Waals surface area contributed by atoms with E-state index >= 15 is 0 Å². The van der Waals surface area contributed by atoms with E-state index in [9.17, 15) is 18.0 Å². The minimum Gasteiger partial charge on any atom is -0.444 e. The van der Waals surface area contributed by atoms with Gasteiger partial charge in [0.25, 0.3) is 0 Å². The Morgan fingerprint density at radius 1 is 1.06 bits per heavy atom. The van der Waals surface area contributed by atoms with Gasteiger partial charge in [-0.05, 0) is 72.8 Å². The Kier molecular flexibility index (Phi) is 9.36. The van der Waals surface area contributed by atoms with E-state index < -0.39 is 27.5 Å². The molecular formula is C24H39N3O6S. The first kappa shape index (κ1) is 27.9. The highest BCUT2D eigenvalue weighted by molar-refractivity contribution is 7.87. The number of hydrogen-bond donors (Lipinski definition) is 1. The lowest BCUT2D eigenvalue weighted by atomic mass is 10.1. The van der Waals surface area contributed by atoms with E-state index in [1.54, 1.807) is 37.8 Å². The van der Waals surface area contributed by atoms with Gasteiger partial charge in [-0.2, -0.15) is 17.4 Å². The number of benzene rings is 1. The van der Waals surface area contributed by atoms with Gasteiger partial charge in [0.2, 0.25) is 0 Å². The van der Waals surface area contributed by atoms with Crippen LogP contribution in [0.15, 0.2) is 30.3 Å². The summed E-state index contributed by atoms with van der Waals surface area (Å²) in [6.45, 7) is 11.1. The number of rotatable bonds is 8. The molecule has 2 amide bonds. The molecule has 1 atom stereocenters. The van der Waals surface area contributed by atoms with E-state index in [-0.39, 0.29) is 25.2 Å². The normalized spacial score (nSPS) is 16.9. The van der Waals surface area contributed by atoms with Crippen molar-refractivity contribution >= 4 is 22.4 Å². The molecule has 34 heavy (non-hydrogen) atoms. The van der Waals surface area contributed by atoms with Crippen LogP contribution in [0.3, 0.4) is 0 Å². The van der Waals surface area contributed by atoms with Gasteiger partial charge in [-0.25, -0.2) is 9.59 Å². The number of carbonyl (C=O) groups excluding carboxylic acids is 2. The van der Waals surface area contributed by atoms with Crippen LogP contribution in [0.25, 0.3) is 0 Å². The third-order valence-electron chi connectivity index (χ3n) is 5.09. The topological polar surface area (TPSA) is 105 Å². The second-order valence-corrected chi connectivity index (χ2v) is 12.2. The monoisotopic (exact) mass is 497 g/mol. The summed E-state index contributed by atoms with van der Waals surface area (Å²) in [5, 5.41) is 0. The number of nitrogens with one attached hydrogen (secondary N) is 1. The van der Waals surface area contributed by atoms with Crippen molar-refractivity contribution in [3.05, 3.63) is 35.9 Å². The van der Waals surface area contributed by atoms with Crippen LogP contribution in [0, 0.1) is 0 Å². The highest BCUT2D eigenvalue weighted by Gasteiger charge is 2.34. The first-order valence-electron chi connectivity index (χ1n) is 11.7. The van der Waals surface area contributed by atoms with Gasteiger partial charge in [0, 0.05) is 25.7 Å². The third kappa shape index (κ3) is 9.13. The van der Waals surface area contributed by atoms with Gasteiger partial charge in [-0.1, -0.05) is 30.3 Å². The summed E-state index contributed by atoms with van der Waals surface area (Å²) < 4.78 is 40.1. The third-order valence-corrected chi connectivity index (χ3v) is 6.51. The number of amides is 2. The highest BCUT2D eigenvalue weighted by atomic mass is 32.2. The lowest BCUT2D eigenvalue weighted by molar-refractivity contribution is 0.0211. The quantitative estimate of drug-likeness (QED) is 0.569. The summed E-state index contributed by atoms with van der Waals surface area (Å²) in [6, 6.07) is 9.00. The van der Waals surface area contributed by atoms with Gasteiger partial charge in [0.1, 0.15) is 11.2 Å². The van der Waals surface area contributed by atoms with Crippen molar-refractivity contribution in [3.8, 4) is 0 Å². The van der Waals surface area contributed by atoms with Crippen LogP contribution in [0.2, 0.25) is 0 Å². The van der Waals surface area contributed by atoms with Crippen LogP contribution in [-0.2, 0) is 26.2 Å². The van der Waals surface area contributed by atoms with E-state index in [1.807, 2.05) is 39.0 Å². The van der Waals surface area contributed by atoms with E-state index in [4.69, 9.17) is 9.47 Å². The van der Waals surface area contributed by atoms with Crippen molar-refractivity contribution in [3.63, 3.8) is 0 Å². The molecule has 0 unspecified atom stereocenters. The molecule has 0 radical (unpaired) electrons. The fraction of sp³-hybridized carbons (Fsp3) is 0.667. The molecule has 2 rings (SSSR count). The molecule has 0 bridgehead atoms. The maximum atomic E-state index is 13.0. The number of ether oxygens (including phenoxy) is 2. The highest BCUT2D eigenvalue weighted by Crippen LogP contribution is 2.24. The standard InChI is InChI=1S/C24H39N3O6S/c1-23(2,3)32-21(28)26-16-10-14-20(26)15-11-17-27(22(29)33-24(4,5)6)34(30,31)25-18-19-12-8-7-9-13-19/h7-9,12-13,20,25H,10-11,14-18H2,1-6H3/t20-/m0/s1. The number of nitrogens with zero attached hydrogens (tertiary/aromatic N) is 2. The first-order valence-corrected chi connectivity index (χ1v) is 13.2. The molecule has 1 saturated heterocycles. The zero-order valence-corrected chi connectivity index (χ0v) is 22.0. The van der Waals surface area contributed by atoms with Crippen LogP contribution < -0.4 is 4.72 Å². The average Bonchev–Trinajstić information content (AvgIpc) is 3.16.